The molecule has 2 aliphatic carbocycles. The van der Waals surface area contributed by atoms with Crippen LogP contribution in [-0.2, 0) is 0 Å². The first-order valence-corrected chi connectivity index (χ1v) is 7.00. The summed E-state index contributed by atoms with van der Waals surface area (Å²) in [5, 5.41) is 6.28. The number of thiophene rings is 1. The van der Waals surface area contributed by atoms with Gasteiger partial charge in [-0.05, 0) is 42.5 Å². The molecule has 2 saturated carbocycles. The standard InChI is InChI=1S/C13H14N2OS/c14-13-11(10-2-1-3-17-10)12(15-16-13)9-5-7-4-8(7)6-9/h1-3,7-9H,4-6,14H2. The molecule has 88 valence electrons. The van der Waals surface area contributed by atoms with E-state index >= 15 is 0 Å². The molecule has 2 aromatic heterocycles. The van der Waals surface area contributed by atoms with Crippen LogP contribution in [0.1, 0.15) is 30.9 Å². The van der Waals surface area contributed by atoms with E-state index in [0.29, 0.717) is 11.8 Å². The third-order valence-corrected chi connectivity index (χ3v) is 5.03. The lowest BCUT2D eigenvalue weighted by Crippen LogP contribution is -1.98. The average Bonchev–Trinajstić information content (AvgIpc) is 2.82. The molecule has 17 heavy (non-hydrogen) atoms. The Hall–Kier alpha value is -1.29. The van der Waals surface area contributed by atoms with Gasteiger partial charge in [-0.15, -0.1) is 11.3 Å². The van der Waals surface area contributed by atoms with Crippen LogP contribution in [0.5, 0.6) is 0 Å². The molecule has 3 nitrogen and oxygen atoms in total. The molecule has 2 aromatic rings. The van der Waals surface area contributed by atoms with Crippen LogP contribution in [0.15, 0.2) is 22.0 Å². The van der Waals surface area contributed by atoms with Gasteiger partial charge in [0.15, 0.2) is 0 Å². The summed E-state index contributed by atoms with van der Waals surface area (Å²) in [4.78, 5) is 1.18. The molecule has 0 amide bonds. The third kappa shape index (κ3) is 1.43. The highest BCUT2D eigenvalue weighted by Crippen LogP contribution is 2.58. The van der Waals surface area contributed by atoms with Gasteiger partial charge >= 0.3 is 0 Å². The number of anilines is 1. The van der Waals surface area contributed by atoms with Crippen molar-refractivity contribution in [2.75, 3.05) is 5.73 Å². The van der Waals surface area contributed by atoms with Crippen molar-refractivity contribution in [1.29, 1.82) is 0 Å². The smallest absolute Gasteiger partial charge is 0.231 e. The van der Waals surface area contributed by atoms with E-state index in [4.69, 9.17) is 10.3 Å². The summed E-state index contributed by atoms with van der Waals surface area (Å²) in [5.74, 6) is 2.95. The Morgan fingerprint density at radius 3 is 2.82 bits per heavy atom. The fourth-order valence-corrected chi connectivity index (χ4v) is 3.98. The Labute approximate surface area is 104 Å². The van der Waals surface area contributed by atoms with Gasteiger partial charge in [-0.3, -0.25) is 0 Å². The summed E-state index contributed by atoms with van der Waals surface area (Å²) in [6.45, 7) is 0. The highest BCUT2D eigenvalue weighted by atomic mass is 32.1. The van der Waals surface area contributed by atoms with Crippen LogP contribution in [0.25, 0.3) is 10.4 Å². The van der Waals surface area contributed by atoms with Crippen LogP contribution < -0.4 is 5.73 Å². The van der Waals surface area contributed by atoms with Crippen molar-refractivity contribution in [3.05, 3.63) is 23.2 Å². The molecular formula is C13H14N2OS. The lowest BCUT2D eigenvalue weighted by molar-refractivity contribution is 0.416. The topological polar surface area (TPSA) is 52.0 Å². The fourth-order valence-electron chi connectivity index (χ4n) is 3.20. The van der Waals surface area contributed by atoms with Gasteiger partial charge in [0.2, 0.25) is 5.88 Å². The first-order valence-electron chi connectivity index (χ1n) is 6.12. The first-order chi connectivity index (χ1) is 8.33. The van der Waals surface area contributed by atoms with E-state index in [-0.39, 0.29) is 0 Å². The first kappa shape index (κ1) is 9.71. The SMILES string of the molecule is Nc1onc(C2CC3CC3C2)c1-c1cccs1. The largest absolute Gasteiger partial charge is 0.367 e. The molecule has 2 fully saturated rings. The minimum Gasteiger partial charge on any atom is -0.367 e. The van der Waals surface area contributed by atoms with Crippen LogP contribution in [0.3, 0.4) is 0 Å². The van der Waals surface area contributed by atoms with Gasteiger partial charge in [0.25, 0.3) is 0 Å². The fraction of sp³-hybridized carbons (Fsp3) is 0.462. The summed E-state index contributed by atoms with van der Waals surface area (Å²) >= 11 is 1.70. The number of aromatic nitrogens is 1. The number of hydrogen-bond acceptors (Lipinski definition) is 4. The van der Waals surface area contributed by atoms with E-state index in [1.54, 1.807) is 11.3 Å². The zero-order valence-electron chi connectivity index (χ0n) is 9.43. The van der Waals surface area contributed by atoms with Crippen molar-refractivity contribution in [3.8, 4) is 10.4 Å². The van der Waals surface area contributed by atoms with Crippen molar-refractivity contribution in [2.45, 2.75) is 25.2 Å². The molecule has 2 heterocycles. The van der Waals surface area contributed by atoms with Crippen molar-refractivity contribution in [3.63, 3.8) is 0 Å². The zero-order valence-corrected chi connectivity index (χ0v) is 10.2. The van der Waals surface area contributed by atoms with E-state index in [9.17, 15) is 0 Å². The molecule has 0 aromatic carbocycles. The Morgan fingerprint density at radius 2 is 2.12 bits per heavy atom. The Morgan fingerprint density at radius 1 is 1.29 bits per heavy atom. The molecule has 2 atom stereocenters. The second kappa shape index (κ2) is 3.35. The molecule has 0 bridgehead atoms. The molecule has 0 radical (unpaired) electrons. The maximum absolute atomic E-state index is 5.92. The maximum Gasteiger partial charge on any atom is 0.231 e. The number of nitrogens with zero attached hydrogens (tertiary/aromatic N) is 1. The van der Waals surface area contributed by atoms with E-state index in [2.05, 4.69) is 16.6 Å². The van der Waals surface area contributed by atoms with Gasteiger partial charge in [0, 0.05) is 10.8 Å². The third-order valence-electron chi connectivity index (χ3n) is 4.14. The van der Waals surface area contributed by atoms with Crippen molar-refractivity contribution in [1.82, 2.24) is 5.16 Å². The highest BCUT2D eigenvalue weighted by Gasteiger charge is 2.47. The number of nitrogen functional groups attached to an aromatic ring is 1. The summed E-state index contributed by atoms with van der Waals surface area (Å²) < 4.78 is 5.22. The lowest BCUT2D eigenvalue weighted by Gasteiger charge is -2.09. The summed E-state index contributed by atoms with van der Waals surface area (Å²) in [5.41, 5.74) is 8.07. The predicted octanol–water partition coefficient (Wildman–Crippen LogP) is 3.50. The van der Waals surface area contributed by atoms with Crippen molar-refractivity contribution in [2.24, 2.45) is 11.8 Å². The van der Waals surface area contributed by atoms with Gasteiger partial charge < -0.3 is 10.3 Å². The van der Waals surface area contributed by atoms with E-state index in [0.717, 1.165) is 23.1 Å². The zero-order chi connectivity index (χ0) is 11.4. The molecule has 4 heteroatoms. The molecular weight excluding hydrogens is 232 g/mol. The predicted molar refractivity (Wildman–Crippen MR) is 67.8 cm³/mol. The van der Waals surface area contributed by atoms with Gasteiger partial charge in [0.05, 0.1) is 11.3 Å². The molecule has 0 aliphatic heterocycles. The second-order valence-electron chi connectivity index (χ2n) is 5.21. The van der Waals surface area contributed by atoms with Crippen LogP contribution in [0, 0.1) is 11.8 Å². The van der Waals surface area contributed by atoms with Gasteiger partial charge in [0.1, 0.15) is 0 Å². The van der Waals surface area contributed by atoms with Crippen molar-refractivity contribution >= 4 is 17.2 Å². The minimum atomic E-state index is 0.475. The Kier molecular flexibility index (Phi) is 1.92. The van der Waals surface area contributed by atoms with E-state index in [1.807, 2.05) is 6.07 Å². The van der Waals surface area contributed by atoms with E-state index < -0.39 is 0 Å². The lowest BCUT2D eigenvalue weighted by atomic mass is 9.96. The number of nitrogens with two attached hydrogens (primary N) is 1. The van der Waals surface area contributed by atoms with Crippen LogP contribution in [-0.4, -0.2) is 5.16 Å². The van der Waals surface area contributed by atoms with Crippen LogP contribution in [0.2, 0.25) is 0 Å². The van der Waals surface area contributed by atoms with Crippen LogP contribution in [0.4, 0.5) is 5.88 Å². The highest BCUT2D eigenvalue weighted by molar-refractivity contribution is 7.13. The van der Waals surface area contributed by atoms with Gasteiger partial charge in [-0.2, -0.15) is 0 Å². The van der Waals surface area contributed by atoms with Crippen LogP contribution >= 0.6 is 11.3 Å². The number of rotatable bonds is 2. The molecule has 2 aliphatic rings. The van der Waals surface area contributed by atoms with E-state index in [1.165, 1.54) is 24.1 Å². The summed E-state index contributed by atoms with van der Waals surface area (Å²) in [6.07, 6.45) is 3.97. The summed E-state index contributed by atoms with van der Waals surface area (Å²) in [6, 6.07) is 4.13. The minimum absolute atomic E-state index is 0.475. The maximum atomic E-state index is 5.92. The molecule has 0 saturated heterocycles. The van der Waals surface area contributed by atoms with Gasteiger partial charge in [-0.25, -0.2) is 0 Å². The van der Waals surface area contributed by atoms with Gasteiger partial charge in [-0.1, -0.05) is 11.2 Å². The number of fused-ring (bicyclic) bond motifs is 1. The second-order valence-corrected chi connectivity index (χ2v) is 6.16. The quantitative estimate of drug-likeness (QED) is 0.882. The molecule has 2 N–H and O–H groups in total. The summed E-state index contributed by atoms with van der Waals surface area (Å²) in [7, 11) is 0. The van der Waals surface area contributed by atoms with Crippen molar-refractivity contribution < 1.29 is 4.52 Å². The number of hydrogen-bond donors (Lipinski definition) is 1. The molecule has 2 unspecified atom stereocenters. The molecule has 4 rings (SSSR count). The molecule has 0 spiro atoms. The Balaban J connectivity index is 1.76. The normalized spacial score (nSPS) is 30.5. The average molecular weight is 246 g/mol. The Bertz CT molecular complexity index is 536. The monoisotopic (exact) mass is 246 g/mol.